The molecule has 0 aliphatic carbocycles. The lowest BCUT2D eigenvalue weighted by Gasteiger charge is -2.21. The van der Waals surface area contributed by atoms with E-state index in [1.165, 1.54) is 19.3 Å². The van der Waals surface area contributed by atoms with Crippen molar-refractivity contribution in [1.82, 2.24) is 15.5 Å². The van der Waals surface area contributed by atoms with E-state index in [2.05, 4.69) is 43.2 Å². The molecular formula is C15H31N3O. The fraction of sp³-hybridized carbons (Fsp3) is 0.933. The Morgan fingerprint density at radius 2 is 2.05 bits per heavy atom. The van der Waals surface area contributed by atoms with E-state index < -0.39 is 0 Å². The number of carbonyl (C=O) groups excluding carboxylic acids is 1. The molecule has 0 spiro atoms. The predicted octanol–water partition coefficient (Wildman–Crippen LogP) is 2.74. The standard InChI is InChI=1S/C15H31N3O/c1-5-6-7-8-13(4)16-15(19)17-14-9-10-18(11-14)12(2)3/h12-14H,5-11H2,1-4H3,(H2,16,17,19). The van der Waals surface area contributed by atoms with E-state index in [4.69, 9.17) is 0 Å². The lowest BCUT2D eigenvalue weighted by molar-refractivity contribution is 0.230. The van der Waals surface area contributed by atoms with Gasteiger partial charge in [0.05, 0.1) is 0 Å². The molecule has 2 N–H and O–H groups in total. The molecule has 0 aromatic rings. The number of unbranched alkanes of at least 4 members (excludes halogenated alkanes) is 2. The Morgan fingerprint density at radius 1 is 1.32 bits per heavy atom. The van der Waals surface area contributed by atoms with Crippen molar-refractivity contribution in [3.63, 3.8) is 0 Å². The molecule has 0 bridgehead atoms. The first-order chi connectivity index (χ1) is 9.02. The lowest BCUT2D eigenvalue weighted by atomic mass is 10.1. The summed E-state index contributed by atoms with van der Waals surface area (Å²) in [5, 5.41) is 6.13. The maximum atomic E-state index is 11.9. The Kier molecular flexibility index (Phi) is 7.21. The van der Waals surface area contributed by atoms with Crippen LogP contribution in [0.3, 0.4) is 0 Å². The van der Waals surface area contributed by atoms with Crippen LogP contribution in [-0.2, 0) is 0 Å². The number of rotatable bonds is 7. The van der Waals surface area contributed by atoms with Crippen molar-refractivity contribution in [2.45, 2.75) is 77.9 Å². The molecule has 4 heteroatoms. The molecule has 0 saturated carbocycles. The Hall–Kier alpha value is -0.770. The van der Waals surface area contributed by atoms with Crippen LogP contribution >= 0.6 is 0 Å². The van der Waals surface area contributed by atoms with Crippen LogP contribution in [0, 0.1) is 0 Å². The third-order valence-corrected chi connectivity index (χ3v) is 3.90. The van der Waals surface area contributed by atoms with Crippen molar-refractivity contribution >= 4 is 6.03 Å². The van der Waals surface area contributed by atoms with Gasteiger partial charge in [0, 0.05) is 31.2 Å². The van der Waals surface area contributed by atoms with E-state index in [-0.39, 0.29) is 12.1 Å². The van der Waals surface area contributed by atoms with Crippen molar-refractivity contribution in [3.05, 3.63) is 0 Å². The second-order valence-corrected chi connectivity index (χ2v) is 6.09. The van der Waals surface area contributed by atoms with Gasteiger partial charge < -0.3 is 10.6 Å². The van der Waals surface area contributed by atoms with Gasteiger partial charge in [-0.25, -0.2) is 4.79 Å². The number of hydrogen-bond acceptors (Lipinski definition) is 2. The number of nitrogens with one attached hydrogen (secondary N) is 2. The molecule has 0 aromatic carbocycles. The monoisotopic (exact) mass is 269 g/mol. The molecule has 2 unspecified atom stereocenters. The fourth-order valence-electron chi connectivity index (χ4n) is 2.60. The zero-order valence-corrected chi connectivity index (χ0v) is 13.0. The number of urea groups is 1. The SMILES string of the molecule is CCCCCC(C)NC(=O)NC1CCN(C(C)C)C1. The van der Waals surface area contributed by atoms with Gasteiger partial charge in [0.2, 0.25) is 0 Å². The molecule has 1 aliphatic heterocycles. The summed E-state index contributed by atoms with van der Waals surface area (Å²) in [5.74, 6) is 0. The molecule has 19 heavy (non-hydrogen) atoms. The average molecular weight is 269 g/mol. The molecule has 2 amide bonds. The van der Waals surface area contributed by atoms with Crippen LogP contribution in [0.15, 0.2) is 0 Å². The van der Waals surface area contributed by atoms with Crippen LogP contribution < -0.4 is 10.6 Å². The lowest BCUT2D eigenvalue weighted by Crippen LogP contribution is -2.46. The van der Waals surface area contributed by atoms with Crippen LogP contribution in [0.25, 0.3) is 0 Å². The molecule has 1 aliphatic rings. The van der Waals surface area contributed by atoms with Crippen molar-refractivity contribution in [2.24, 2.45) is 0 Å². The number of carbonyl (C=O) groups is 1. The number of nitrogens with zero attached hydrogens (tertiary/aromatic N) is 1. The number of likely N-dealkylation sites (tertiary alicyclic amines) is 1. The molecule has 1 fully saturated rings. The third kappa shape index (κ3) is 6.28. The minimum atomic E-state index is -0.000366. The van der Waals surface area contributed by atoms with Gasteiger partial charge in [-0.05, 0) is 33.6 Å². The second-order valence-electron chi connectivity index (χ2n) is 6.09. The molecule has 4 nitrogen and oxygen atoms in total. The summed E-state index contributed by atoms with van der Waals surface area (Å²) in [4.78, 5) is 14.3. The quantitative estimate of drug-likeness (QED) is 0.698. The molecule has 1 saturated heterocycles. The highest BCUT2D eigenvalue weighted by molar-refractivity contribution is 5.74. The topological polar surface area (TPSA) is 44.4 Å². The van der Waals surface area contributed by atoms with E-state index in [9.17, 15) is 4.79 Å². The van der Waals surface area contributed by atoms with E-state index in [0.717, 1.165) is 25.9 Å². The van der Waals surface area contributed by atoms with E-state index >= 15 is 0 Å². The minimum absolute atomic E-state index is 0.000366. The van der Waals surface area contributed by atoms with Gasteiger partial charge in [-0.2, -0.15) is 0 Å². The van der Waals surface area contributed by atoms with Gasteiger partial charge in [-0.3, -0.25) is 4.90 Å². The first-order valence-corrected chi connectivity index (χ1v) is 7.84. The average Bonchev–Trinajstić information content (AvgIpc) is 2.77. The van der Waals surface area contributed by atoms with Crippen LogP contribution in [0.2, 0.25) is 0 Å². The van der Waals surface area contributed by atoms with Crippen molar-refractivity contribution in [1.29, 1.82) is 0 Å². The summed E-state index contributed by atoms with van der Waals surface area (Å²) in [6.45, 7) is 10.8. The zero-order valence-electron chi connectivity index (χ0n) is 13.0. The largest absolute Gasteiger partial charge is 0.336 e. The van der Waals surface area contributed by atoms with E-state index in [0.29, 0.717) is 12.1 Å². The predicted molar refractivity (Wildman–Crippen MR) is 80.4 cm³/mol. The molecule has 0 aromatic heterocycles. The van der Waals surface area contributed by atoms with Gasteiger partial charge in [0.1, 0.15) is 0 Å². The molecule has 1 rings (SSSR count). The van der Waals surface area contributed by atoms with Crippen LogP contribution in [0.4, 0.5) is 4.79 Å². The summed E-state index contributed by atoms with van der Waals surface area (Å²) in [5.41, 5.74) is 0. The third-order valence-electron chi connectivity index (χ3n) is 3.90. The van der Waals surface area contributed by atoms with Gasteiger partial charge in [-0.1, -0.05) is 26.2 Å². The van der Waals surface area contributed by atoms with Crippen molar-refractivity contribution < 1.29 is 4.79 Å². The Labute approximate surface area is 118 Å². The highest BCUT2D eigenvalue weighted by Crippen LogP contribution is 2.12. The summed E-state index contributed by atoms with van der Waals surface area (Å²) < 4.78 is 0. The van der Waals surface area contributed by atoms with Crippen molar-refractivity contribution in [3.8, 4) is 0 Å². The van der Waals surface area contributed by atoms with Crippen molar-refractivity contribution in [2.75, 3.05) is 13.1 Å². The van der Waals surface area contributed by atoms with Gasteiger partial charge in [-0.15, -0.1) is 0 Å². The molecule has 0 radical (unpaired) electrons. The van der Waals surface area contributed by atoms with E-state index in [1.54, 1.807) is 0 Å². The van der Waals surface area contributed by atoms with Gasteiger partial charge >= 0.3 is 6.03 Å². The molecule has 1 heterocycles. The molecule has 2 atom stereocenters. The fourth-order valence-corrected chi connectivity index (χ4v) is 2.60. The maximum absolute atomic E-state index is 11.9. The summed E-state index contributed by atoms with van der Waals surface area (Å²) in [6, 6.07) is 1.15. The summed E-state index contributed by atoms with van der Waals surface area (Å²) in [6.07, 6.45) is 5.81. The Balaban J connectivity index is 2.17. The first kappa shape index (κ1) is 16.3. The zero-order chi connectivity index (χ0) is 14.3. The highest BCUT2D eigenvalue weighted by Gasteiger charge is 2.25. The summed E-state index contributed by atoms with van der Waals surface area (Å²) in [7, 11) is 0. The minimum Gasteiger partial charge on any atom is -0.336 e. The number of hydrogen-bond donors (Lipinski definition) is 2. The van der Waals surface area contributed by atoms with Gasteiger partial charge in [0.25, 0.3) is 0 Å². The Bertz CT molecular complexity index is 268. The highest BCUT2D eigenvalue weighted by atomic mass is 16.2. The summed E-state index contributed by atoms with van der Waals surface area (Å²) >= 11 is 0. The van der Waals surface area contributed by atoms with Gasteiger partial charge in [0.15, 0.2) is 0 Å². The normalized spacial score (nSPS) is 21.6. The van der Waals surface area contributed by atoms with Crippen LogP contribution in [0.1, 0.15) is 59.8 Å². The van der Waals surface area contributed by atoms with Crippen LogP contribution in [0.5, 0.6) is 0 Å². The smallest absolute Gasteiger partial charge is 0.315 e. The molecular weight excluding hydrogens is 238 g/mol. The van der Waals surface area contributed by atoms with E-state index in [1.807, 2.05) is 0 Å². The number of amides is 2. The molecule has 112 valence electrons. The maximum Gasteiger partial charge on any atom is 0.315 e. The second kappa shape index (κ2) is 8.41. The Morgan fingerprint density at radius 3 is 2.63 bits per heavy atom. The first-order valence-electron chi connectivity index (χ1n) is 7.84. The van der Waals surface area contributed by atoms with Crippen LogP contribution in [-0.4, -0.2) is 42.1 Å².